The molecule has 3 rings (SSSR count). The van der Waals surface area contributed by atoms with E-state index in [1.807, 2.05) is 0 Å². The summed E-state index contributed by atoms with van der Waals surface area (Å²) in [6, 6.07) is 8.26. The van der Waals surface area contributed by atoms with E-state index in [0.29, 0.717) is 39.9 Å². The van der Waals surface area contributed by atoms with Gasteiger partial charge in [0, 0.05) is 23.5 Å². The molecule has 0 unspecified atom stereocenters. The van der Waals surface area contributed by atoms with E-state index < -0.39 is 15.8 Å². The summed E-state index contributed by atoms with van der Waals surface area (Å²) in [5.41, 5.74) is 1.40. The van der Waals surface area contributed by atoms with Crippen LogP contribution in [0.15, 0.2) is 36.5 Å². The zero-order valence-corrected chi connectivity index (χ0v) is 20.5. The summed E-state index contributed by atoms with van der Waals surface area (Å²) in [5, 5.41) is 11.6. The fourth-order valence-corrected chi connectivity index (χ4v) is 3.89. The minimum Gasteiger partial charge on any atom is -0.497 e. The Balaban J connectivity index is 1.94. The van der Waals surface area contributed by atoms with Gasteiger partial charge in [0.1, 0.15) is 10.8 Å². The van der Waals surface area contributed by atoms with Gasteiger partial charge in [-0.2, -0.15) is 4.98 Å². The molecule has 2 aromatic carbocycles. The van der Waals surface area contributed by atoms with E-state index in [1.165, 1.54) is 34.6 Å². The molecule has 3 aromatic rings. The van der Waals surface area contributed by atoms with Crippen molar-refractivity contribution >= 4 is 44.8 Å². The van der Waals surface area contributed by atoms with Crippen molar-refractivity contribution in [1.82, 2.24) is 9.97 Å². The van der Waals surface area contributed by atoms with Gasteiger partial charge in [-0.05, 0) is 23.8 Å². The number of aromatic nitrogens is 2. The molecule has 0 spiro atoms. The van der Waals surface area contributed by atoms with Crippen LogP contribution in [0, 0.1) is 0 Å². The number of halogens is 1. The van der Waals surface area contributed by atoms with E-state index in [1.54, 1.807) is 30.3 Å². The molecule has 0 atom stereocenters. The molecular weight excluding hydrogens is 486 g/mol. The monoisotopic (exact) mass is 509 g/mol. The number of hydrogen-bond acceptors (Lipinski definition) is 10. The molecule has 0 aliphatic heterocycles. The lowest BCUT2D eigenvalue weighted by molar-refractivity contribution is 0.324. The highest BCUT2D eigenvalue weighted by atomic mass is 35.5. The van der Waals surface area contributed by atoms with E-state index in [2.05, 4.69) is 20.6 Å². The summed E-state index contributed by atoms with van der Waals surface area (Å²) in [5.74, 6) is 1.85. The Morgan fingerprint density at radius 2 is 1.65 bits per heavy atom. The smallest absolute Gasteiger partial charge is 0.229 e. The number of ether oxygens (including phenoxy) is 4. The van der Waals surface area contributed by atoms with Crippen LogP contribution in [-0.2, 0) is 15.8 Å². The first kappa shape index (κ1) is 25.1. The summed E-state index contributed by atoms with van der Waals surface area (Å²) in [7, 11) is 2.21. The van der Waals surface area contributed by atoms with Crippen LogP contribution in [-0.4, -0.2) is 46.8 Å². The van der Waals surface area contributed by atoms with Gasteiger partial charge in [-0.15, -0.1) is 0 Å². The Morgan fingerprint density at radius 3 is 2.21 bits per heavy atom. The molecule has 0 saturated carbocycles. The quantitative estimate of drug-likeness (QED) is 0.371. The predicted molar refractivity (Wildman–Crippen MR) is 130 cm³/mol. The average Bonchev–Trinajstić information content (AvgIpc) is 2.80. The molecule has 0 fully saturated rings. The van der Waals surface area contributed by atoms with Gasteiger partial charge in [0.15, 0.2) is 17.3 Å². The predicted octanol–water partition coefficient (Wildman–Crippen LogP) is 3.44. The number of methoxy groups -OCH3 is 4. The molecule has 0 radical (unpaired) electrons. The standard InChI is InChI=1S/C21H24ClN5O6S/c1-30-14-5-6-16(12(7-14)11-34(23,28)29)26-20-15(22)10-24-21(27-20)25-13-8-17(31-2)19(33-4)18(9-13)32-3/h5-10H,11H2,1-4H3,(H2,23,28,29)(H2,24,25,26,27). The number of sulfonamides is 1. The number of nitrogens with zero attached hydrogens (tertiary/aromatic N) is 2. The maximum absolute atomic E-state index is 11.7. The second-order valence-corrected chi connectivity index (χ2v) is 8.91. The SMILES string of the molecule is COc1ccc(Nc2nc(Nc3cc(OC)c(OC)c(OC)c3)ncc2Cl)c(CS(N)(=O)=O)c1. The molecule has 182 valence electrons. The topological polar surface area (TPSA) is 147 Å². The van der Waals surface area contributed by atoms with Gasteiger partial charge in [0.2, 0.25) is 21.7 Å². The second-order valence-electron chi connectivity index (χ2n) is 6.88. The largest absolute Gasteiger partial charge is 0.497 e. The third-order valence-electron chi connectivity index (χ3n) is 4.59. The summed E-state index contributed by atoms with van der Waals surface area (Å²) in [6.07, 6.45) is 1.40. The molecule has 0 aliphatic carbocycles. The Hall–Kier alpha value is -3.48. The second kappa shape index (κ2) is 10.6. The van der Waals surface area contributed by atoms with Gasteiger partial charge in [0.05, 0.1) is 40.4 Å². The highest BCUT2D eigenvalue weighted by Gasteiger charge is 2.16. The van der Waals surface area contributed by atoms with Crippen molar-refractivity contribution in [1.29, 1.82) is 0 Å². The van der Waals surface area contributed by atoms with Gasteiger partial charge in [-0.3, -0.25) is 0 Å². The fourth-order valence-electron chi connectivity index (χ4n) is 3.08. The minimum absolute atomic E-state index is 0.211. The number of primary sulfonamides is 1. The average molecular weight is 510 g/mol. The Morgan fingerprint density at radius 1 is 0.971 bits per heavy atom. The fraction of sp³-hybridized carbons (Fsp3) is 0.238. The first-order valence-corrected chi connectivity index (χ1v) is 11.8. The molecule has 34 heavy (non-hydrogen) atoms. The molecule has 1 aromatic heterocycles. The first-order chi connectivity index (χ1) is 16.2. The van der Waals surface area contributed by atoms with Gasteiger partial charge >= 0.3 is 0 Å². The third kappa shape index (κ3) is 6.10. The molecule has 11 nitrogen and oxygen atoms in total. The molecule has 4 N–H and O–H groups in total. The van der Waals surface area contributed by atoms with Crippen LogP contribution in [0.5, 0.6) is 23.0 Å². The molecule has 0 amide bonds. The van der Waals surface area contributed by atoms with E-state index in [9.17, 15) is 8.42 Å². The molecule has 0 saturated heterocycles. The Labute approximate surface area is 202 Å². The normalized spacial score (nSPS) is 11.0. The molecule has 1 heterocycles. The number of anilines is 4. The van der Waals surface area contributed by atoms with Crippen molar-refractivity contribution in [3.05, 3.63) is 47.1 Å². The lowest BCUT2D eigenvalue weighted by Gasteiger charge is -2.16. The van der Waals surface area contributed by atoms with Crippen molar-refractivity contribution in [2.45, 2.75) is 5.75 Å². The lowest BCUT2D eigenvalue weighted by Crippen LogP contribution is -2.15. The maximum Gasteiger partial charge on any atom is 0.229 e. The number of hydrogen-bond donors (Lipinski definition) is 3. The Bertz CT molecular complexity index is 1260. The van der Waals surface area contributed by atoms with Crippen LogP contribution in [0.25, 0.3) is 0 Å². The van der Waals surface area contributed by atoms with Gasteiger partial charge < -0.3 is 29.6 Å². The van der Waals surface area contributed by atoms with Crippen molar-refractivity contribution in [2.24, 2.45) is 5.14 Å². The highest BCUT2D eigenvalue weighted by Crippen LogP contribution is 2.40. The molecule has 0 aliphatic rings. The Kier molecular flexibility index (Phi) is 7.87. The van der Waals surface area contributed by atoms with Crippen LogP contribution in [0.1, 0.15) is 5.56 Å². The first-order valence-electron chi connectivity index (χ1n) is 9.71. The van der Waals surface area contributed by atoms with Crippen molar-refractivity contribution in [2.75, 3.05) is 39.1 Å². The summed E-state index contributed by atoms with van der Waals surface area (Å²) in [4.78, 5) is 8.60. The van der Waals surface area contributed by atoms with Crippen molar-refractivity contribution in [3.63, 3.8) is 0 Å². The van der Waals surface area contributed by atoms with Crippen molar-refractivity contribution in [3.8, 4) is 23.0 Å². The van der Waals surface area contributed by atoms with Gasteiger partial charge in [0.25, 0.3) is 0 Å². The van der Waals surface area contributed by atoms with E-state index in [4.69, 9.17) is 35.7 Å². The minimum atomic E-state index is -3.80. The third-order valence-corrected chi connectivity index (χ3v) is 5.58. The van der Waals surface area contributed by atoms with E-state index in [0.717, 1.165) is 0 Å². The van der Waals surface area contributed by atoms with Gasteiger partial charge in [-0.25, -0.2) is 18.5 Å². The summed E-state index contributed by atoms with van der Waals surface area (Å²) < 4.78 is 44.6. The van der Waals surface area contributed by atoms with Crippen LogP contribution < -0.4 is 34.7 Å². The molecular formula is C21H24ClN5O6S. The van der Waals surface area contributed by atoms with Gasteiger partial charge in [-0.1, -0.05) is 11.6 Å². The summed E-state index contributed by atoms with van der Waals surface area (Å²) in [6.45, 7) is 0. The number of rotatable bonds is 10. The number of nitrogens with two attached hydrogens (primary N) is 1. The van der Waals surface area contributed by atoms with Crippen molar-refractivity contribution < 1.29 is 27.4 Å². The van der Waals surface area contributed by atoms with Crippen LogP contribution in [0.2, 0.25) is 5.02 Å². The van der Waals surface area contributed by atoms with Crippen LogP contribution in [0.3, 0.4) is 0 Å². The maximum atomic E-state index is 11.7. The van der Waals surface area contributed by atoms with Crippen LogP contribution >= 0.6 is 11.6 Å². The lowest BCUT2D eigenvalue weighted by atomic mass is 10.2. The molecule has 13 heteroatoms. The van der Waals surface area contributed by atoms with E-state index in [-0.39, 0.29) is 16.8 Å². The number of benzene rings is 2. The molecule has 0 bridgehead atoms. The van der Waals surface area contributed by atoms with Crippen LogP contribution in [0.4, 0.5) is 23.1 Å². The highest BCUT2D eigenvalue weighted by molar-refractivity contribution is 7.88. The summed E-state index contributed by atoms with van der Waals surface area (Å²) >= 11 is 6.29. The zero-order chi connectivity index (χ0) is 24.9. The zero-order valence-electron chi connectivity index (χ0n) is 18.9. The van der Waals surface area contributed by atoms with E-state index >= 15 is 0 Å². The number of nitrogens with one attached hydrogen (secondary N) is 2.